The topological polar surface area (TPSA) is 38.7 Å². The van der Waals surface area contributed by atoms with E-state index in [2.05, 4.69) is 42.5 Å². The molecule has 3 nitrogen and oxygen atoms in total. The highest BCUT2D eigenvalue weighted by Gasteiger charge is 2.24. The summed E-state index contributed by atoms with van der Waals surface area (Å²) in [5.74, 6) is 0.282. The summed E-state index contributed by atoms with van der Waals surface area (Å²) in [5.41, 5.74) is 7.34. The molecule has 2 aliphatic heterocycles. The van der Waals surface area contributed by atoms with Crippen molar-refractivity contribution in [1.82, 2.24) is 0 Å². The van der Waals surface area contributed by atoms with Crippen molar-refractivity contribution in [2.24, 2.45) is 0 Å². The van der Waals surface area contributed by atoms with Crippen LogP contribution in [0.4, 0.5) is 0 Å². The largest absolute Gasteiger partial charge is 0.508 e. The summed E-state index contributed by atoms with van der Waals surface area (Å²) in [6.45, 7) is 2.60. The zero-order valence-electron chi connectivity index (χ0n) is 17.9. The Labute approximate surface area is 190 Å². The summed E-state index contributed by atoms with van der Waals surface area (Å²) >= 11 is 0. The van der Waals surface area contributed by atoms with Gasteiger partial charge in [-0.3, -0.25) is 0 Å². The zero-order chi connectivity index (χ0) is 21.7. The van der Waals surface area contributed by atoms with Crippen LogP contribution in [0.2, 0.25) is 0 Å². The van der Waals surface area contributed by atoms with Gasteiger partial charge in [0, 0.05) is 0 Å². The van der Waals surface area contributed by atoms with Gasteiger partial charge in [0.05, 0.1) is 26.4 Å². The van der Waals surface area contributed by atoms with Crippen molar-refractivity contribution in [3.63, 3.8) is 0 Å². The molecule has 3 heteroatoms. The maximum Gasteiger partial charge on any atom is 0.115 e. The number of hydrogen-bond acceptors (Lipinski definition) is 3. The number of rotatable bonds is 1. The van der Waals surface area contributed by atoms with Crippen LogP contribution in [-0.2, 0) is 35.9 Å². The van der Waals surface area contributed by atoms with Crippen LogP contribution in [0.25, 0.3) is 54.2 Å². The summed E-state index contributed by atoms with van der Waals surface area (Å²) < 4.78 is 11.8. The van der Waals surface area contributed by atoms with Crippen molar-refractivity contribution in [1.29, 1.82) is 0 Å². The first kappa shape index (κ1) is 17.8. The van der Waals surface area contributed by atoms with E-state index in [-0.39, 0.29) is 5.75 Å². The minimum Gasteiger partial charge on any atom is -0.508 e. The van der Waals surface area contributed by atoms with Crippen LogP contribution in [0.15, 0.2) is 66.7 Å². The van der Waals surface area contributed by atoms with Crippen LogP contribution in [0, 0.1) is 0 Å². The number of hydrogen-bond donors (Lipinski definition) is 1. The van der Waals surface area contributed by atoms with E-state index in [9.17, 15) is 5.11 Å². The molecule has 33 heavy (non-hydrogen) atoms. The monoisotopic (exact) mass is 428 g/mol. The number of phenols is 1. The zero-order valence-corrected chi connectivity index (χ0v) is 17.9. The highest BCUT2D eigenvalue weighted by molar-refractivity contribution is 6.36. The fraction of sp³-hybridized carbons (Fsp3) is 0.133. The van der Waals surface area contributed by atoms with E-state index < -0.39 is 0 Å². The Bertz CT molecular complexity index is 1750. The molecule has 6 aromatic rings. The quantitative estimate of drug-likeness (QED) is 0.223. The summed E-state index contributed by atoms with van der Waals surface area (Å²) in [7, 11) is 0. The van der Waals surface area contributed by atoms with Gasteiger partial charge in [0.15, 0.2) is 0 Å². The van der Waals surface area contributed by atoms with Crippen LogP contribution in [0.1, 0.15) is 22.3 Å². The van der Waals surface area contributed by atoms with Crippen molar-refractivity contribution in [2.45, 2.75) is 26.4 Å². The molecule has 6 aromatic carbocycles. The van der Waals surface area contributed by atoms with Gasteiger partial charge in [0.25, 0.3) is 0 Å². The fourth-order valence-corrected chi connectivity index (χ4v) is 6.19. The number of aromatic hydroxyl groups is 1. The minimum absolute atomic E-state index is 0.282. The molecule has 1 N–H and O–H groups in total. The van der Waals surface area contributed by atoms with E-state index >= 15 is 0 Å². The van der Waals surface area contributed by atoms with Crippen molar-refractivity contribution < 1.29 is 14.6 Å². The van der Waals surface area contributed by atoms with Crippen molar-refractivity contribution in [3.8, 4) is 16.9 Å². The molecule has 0 aliphatic carbocycles. The minimum atomic E-state index is 0.282. The third-order valence-corrected chi connectivity index (χ3v) is 7.55. The SMILES string of the molecule is Oc1ccc(-c2cc3c4c(ccc5c6ccc7c8c(ccc(c2c45)c86)COC7)COC3)cc1. The Kier molecular flexibility index (Phi) is 3.37. The average molecular weight is 428 g/mol. The van der Waals surface area contributed by atoms with Gasteiger partial charge in [-0.1, -0.05) is 48.5 Å². The normalized spacial score (nSPS) is 15.3. The van der Waals surface area contributed by atoms with Crippen LogP contribution in [0.5, 0.6) is 5.75 Å². The second kappa shape index (κ2) is 6.22. The first-order valence-corrected chi connectivity index (χ1v) is 11.4. The first-order valence-electron chi connectivity index (χ1n) is 11.4. The van der Waals surface area contributed by atoms with Gasteiger partial charge in [-0.25, -0.2) is 0 Å². The Morgan fingerprint density at radius 2 is 1.03 bits per heavy atom. The van der Waals surface area contributed by atoms with Crippen LogP contribution < -0.4 is 0 Å². The molecule has 0 atom stereocenters. The smallest absolute Gasteiger partial charge is 0.115 e. The first-order chi connectivity index (χ1) is 16.3. The highest BCUT2D eigenvalue weighted by Crippen LogP contribution is 2.49. The molecule has 0 unspecified atom stereocenters. The molecule has 0 spiro atoms. The maximum absolute atomic E-state index is 9.92. The molecule has 0 aromatic heterocycles. The molecular weight excluding hydrogens is 408 g/mol. The van der Waals surface area contributed by atoms with Gasteiger partial charge < -0.3 is 14.6 Å². The molecule has 2 aliphatic rings. The predicted octanol–water partition coefficient (Wildman–Crippen LogP) is 7.17. The molecular formula is C30H20O3. The maximum atomic E-state index is 9.92. The van der Waals surface area contributed by atoms with Crippen molar-refractivity contribution >= 4 is 43.1 Å². The third kappa shape index (κ3) is 2.26. The average Bonchev–Trinajstić information content (AvgIpc) is 2.86. The summed E-state index contributed by atoms with van der Waals surface area (Å²) in [6.07, 6.45) is 0. The van der Waals surface area contributed by atoms with Gasteiger partial charge in [-0.05, 0) is 94.7 Å². The van der Waals surface area contributed by atoms with Crippen LogP contribution >= 0.6 is 0 Å². The number of benzene rings is 6. The molecule has 2 heterocycles. The second-order valence-corrected chi connectivity index (χ2v) is 9.31. The summed E-state index contributed by atoms with van der Waals surface area (Å²) in [4.78, 5) is 0. The van der Waals surface area contributed by atoms with E-state index in [1.807, 2.05) is 12.1 Å². The molecule has 158 valence electrons. The lowest BCUT2D eigenvalue weighted by atomic mass is 9.81. The van der Waals surface area contributed by atoms with Crippen molar-refractivity contribution in [2.75, 3.05) is 0 Å². The van der Waals surface area contributed by atoms with E-state index in [4.69, 9.17) is 9.47 Å². The Morgan fingerprint density at radius 1 is 0.485 bits per heavy atom. The molecule has 0 bridgehead atoms. The van der Waals surface area contributed by atoms with Crippen LogP contribution in [-0.4, -0.2) is 5.11 Å². The standard InChI is InChI=1S/C30H20O3/c31-21-6-1-16(2-7-21)25-11-20-15-33-14-19-4-9-23-22-8-3-17-12-32-13-18-5-10-24(28(22)26(17)18)29(25)30(23)27(19)20/h1-11,31H,12-15H2. The molecule has 0 radical (unpaired) electrons. The molecule has 0 saturated heterocycles. The van der Waals surface area contributed by atoms with E-state index in [1.54, 1.807) is 12.1 Å². The summed E-state index contributed by atoms with van der Waals surface area (Å²) in [5, 5.41) is 20.5. The Morgan fingerprint density at radius 3 is 1.70 bits per heavy atom. The summed E-state index contributed by atoms with van der Waals surface area (Å²) in [6, 6.07) is 23.5. The van der Waals surface area contributed by atoms with Gasteiger partial charge >= 0.3 is 0 Å². The number of phenolic OH excluding ortho intramolecular Hbond substituents is 1. The Balaban J connectivity index is 1.68. The highest BCUT2D eigenvalue weighted by atomic mass is 16.5. The lowest BCUT2D eigenvalue weighted by Crippen LogP contribution is -2.07. The van der Waals surface area contributed by atoms with Gasteiger partial charge in [0.1, 0.15) is 5.75 Å². The molecule has 8 rings (SSSR count). The van der Waals surface area contributed by atoms with E-state index in [0.717, 1.165) is 5.56 Å². The predicted molar refractivity (Wildman–Crippen MR) is 132 cm³/mol. The lowest BCUT2D eigenvalue weighted by molar-refractivity contribution is 0.103. The van der Waals surface area contributed by atoms with Gasteiger partial charge in [-0.15, -0.1) is 0 Å². The number of fused-ring (bicyclic) bond motifs is 2. The van der Waals surface area contributed by atoms with Crippen molar-refractivity contribution in [3.05, 3.63) is 89.0 Å². The second-order valence-electron chi connectivity index (χ2n) is 9.31. The molecule has 0 saturated carbocycles. The fourth-order valence-electron chi connectivity index (χ4n) is 6.19. The van der Waals surface area contributed by atoms with E-state index in [0.29, 0.717) is 26.4 Å². The van der Waals surface area contributed by atoms with Crippen LogP contribution in [0.3, 0.4) is 0 Å². The van der Waals surface area contributed by atoms with Gasteiger partial charge in [0.2, 0.25) is 0 Å². The Hall–Kier alpha value is -3.66. The molecule has 0 fully saturated rings. The lowest BCUT2D eigenvalue weighted by Gasteiger charge is -2.26. The third-order valence-electron chi connectivity index (χ3n) is 7.55. The van der Waals surface area contributed by atoms with E-state index in [1.165, 1.54) is 70.9 Å². The van der Waals surface area contributed by atoms with Gasteiger partial charge in [-0.2, -0.15) is 0 Å². The number of ether oxygens (including phenoxy) is 2. The molecule has 0 amide bonds.